The Morgan fingerprint density at radius 2 is 1.76 bits per heavy atom. The molecule has 21 heavy (non-hydrogen) atoms. The van der Waals surface area contributed by atoms with Gasteiger partial charge < -0.3 is 14.6 Å². The van der Waals surface area contributed by atoms with Gasteiger partial charge in [-0.3, -0.25) is 0 Å². The molecule has 0 fully saturated rings. The molecule has 0 radical (unpaired) electrons. The molecular formula is C17H19BrO3. The lowest BCUT2D eigenvalue weighted by molar-refractivity contribution is 0.177. The first-order valence-corrected chi connectivity index (χ1v) is 7.53. The molecule has 112 valence electrons. The summed E-state index contributed by atoms with van der Waals surface area (Å²) in [5.41, 5.74) is 0.905. The van der Waals surface area contributed by atoms with Gasteiger partial charge in [0.25, 0.3) is 0 Å². The Labute approximate surface area is 133 Å². The van der Waals surface area contributed by atoms with Crippen LogP contribution in [0.15, 0.2) is 41.4 Å². The molecule has 0 saturated heterocycles. The molecule has 4 heteroatoms. The van der Waals surface area contributed by atoms with E-state index in [4.69, 9.17) is 9.47 Å². The van der Waals surface area contributed by atoms with Crippen LogP contribution in [0, 0.1) is 0 Å². The van der Waals surface area contributed by atoms with Crippen LogP contribution in [0.2, 0.25) is 0 Å². The van der Waals surface area contributed by atoms with Gasteiger partial charge in [-0.25, -0.2) is 0 Å². The van der Waals surface area contributed by atoms with Crippen LogP contribution in [0.3, 0.4) is 0 Å². The van der Waals surface area contributed by atoms with Crippen LogP contribution in [-0.4, -0.2) is 25.4 Å². The van der Waals surface area contributed by atoms with Crippen molar-refractivity contribution in [2.75, 3.05) is 14.2 Å². The van der Waals surface area contributed by atoms with Crippen molar-refractivity contribution in [3.8, 4) is 11.5 Å². The molecule has 2 aromatic carbocycles. The van der Waals surface area contributed by atoms with Crippen molar-refractivity contribution in [2.24, 2.45) is 0 Å². The minimum atomic E-state index is -0.501. The highest BCUT2D eigenvalue weighted by molar-refractivity contribution is 9.10. The summed E-state index contributed by atoms with van der Waals surface area (Å²) in [7, 11) is 3.28. The summed E-state index contributed by atoms with van der Waals surface area (Å²) >= 11 is 3.59. The van der Waals surface area contributed by atoms with Gasteiger partial charge in [0.2, 0.25) is 0 Å². The summed E-state index contributed by atoms with van der Waals surface area (Å²) in [6.07, 6.45) is 2.21. The largest absolute Gasteiger partial charge is 0.496 e. The van der Waals surface area contributed by atoms with Crippen LogP contribution >= 0.6 is 15.9 Å². The Morgan fingerprint density at radius 1 is 1.19 bits per heavy atom. The predicted molar refractivity (Wildman–Crippen MR) is 89.3 cm³/mol. The zero-order valence-corrected chi connectivity index (χ0v) is 13.8. The fraction of sp³-hybridized carbons (Fsp3) is 0.294. The van der Waals surface area contributed by atoms with Crippen molar-refractivity contribution in [2.45, 2.75) is 18.9 Å². The fourth-order valence-electron chi connectivity index (χ4n) is 2.52. The summed E-state index contributed by atoms with van der Waals surface area (Å²) in [6, 6.07) is 7.91. The van der Waals surface area contributed by atoms with E-state index in [-0.39, 0.29) is 0 Å². The smallest absolute Gasteiger partial charge is 0.141 e. The van der Waals surface area contributed by atoms with Crippen molar-refractivity contribution < 1.29 is 14.6 Å². The van der Waals surface area contributed by atoms with Gasteiger partial charge in [-0.05, 0) is 22.4 Å². The van der Waals surface area contributed by atoms with Crippen molar-refractivity contribution in [1.82, 2.24) is 0 Å². The summed E-state index contributed by atoms with van der Waals surface area (Å²) in [4.78, 5) is 0. The first-order chi connectivity index (χ1) is 10.1. The lowest BCUT2D eigenvalue weighted by Gasteiger charge is -2.19. The Morgan fingerprint density at radius 3 is 2.29 bits per heavy atom. The van der Waals surface area contributed by atoms with Gasteiger partial charge >= 0.3 is 0 Å². The third-order valence-corrected chi connectivity index (χ3v) is 4.28. The average molecular weight is 351 g/mol. The number of rotatable bonds is 6. The fourth-order valence-corrected chi connectivity index (χ4v) is 3.24. The number of fused-ring (bicyclic) bond motifs is 1. The molecule has 0 aliphatic rings. The number of aliphatic hydroxyl groups is 1. The second kappa shape index (κ2) is 6.96. The van der Waals surface area contributed by atoms with Gasteiger partial charge in [0.05, 0.1) is 24.8 Å². The number of halogens is 1. The van der Waals surface area contributed by atoms with E-state index >= 15 is 0 Å². The van der Waals surface area contributed by atoms with Gasteiger partial charge in [0, 0.05) is 22.8 Å². The van der Waals surface area contributed by atoms with Crippen LogP contribution in [0.4, 0.5) is 0 Å². The van der Waals surface area contributed by atoms with E-state index in [2.05, 4.69) is 22.5 Å². The number of aliphatic hydroxyl groups excluding tert-OH is 1. The number of hydrogen-bond donors (Lipinski definition) is 1. The minimum Gasteiger partial charge on any atom is -0.496 e. The number of hydrogen-bond acceptors (Lipinski definition) is 3. The zero-order valence-electron chi connectivity index (χ0n) is 12.2. The Hall–Kier alpha value is -1.52. The monoisotopic (exact) mass is 350 g/mol. The second-order valence-electron chi connectivity index (χ2n) is 4.79. The molecule has 0 aliphatic heterocycles. The van der Waals surface area contributed by atoms with Crippen molar-refractivity contribution in [3.05, 3.63) is 47.0 Å². The Kier molecular flexibility index (Phi) is 5.26. The lowest BCUT2D eigenvalue weighted by Crippen LogP contribution is -2.11. The van der Waals surface area contributed by atoms with Crippen molar-refractivity contribution in [3.63, 3.8) is 0 Å². The van der Waals surface area contributed by atoms with Crippen molar-refractivity contribution >= 4 is 26.7 Å². The molecule has 0 bridgehead atoms. The summed E-state index contributed by atoms with van der Waals surface area (Å²) < 4.78 is 12.0. The average Bonchev–Trinajstić information content (AvgIpc) is 2.48. The van der Waals surface area contributed by atoms with Crippen molar-refractivity contribution in [1.29, 1.82) is 0 Å². The minimum absolute atomic E-state index is 0.469. The third-order valence-electron chi connectivity index (χ3n) is 3.44. The molecule has 0 spiro atoms. The van der Waals surface area contributed by atoms with E-state index in [0.717, 1.165) is 32.3 Å². The van der Waals surface area contributed by atoms with Gasteiger partial charge in [-0.2, -0.15) is 0 Å². The quantitative estimate of drug-likeness (QED) is 0.797. The maximum Gasteiger partial charge on any atom is 0.141 e. The summed E-state index contributed by atoms with van der Waals surface area (Å²) in [5, 5.41) is 12.0. The Bertz CT molecular complexity index is 652. The standard InChI is InChI=1S/C17H19BrO3/c1-4-7-11(19)10-14-15(18)17(21-3)13-9-6-5-8-12(13)16(14)20-2/h4-6,8-9,11,19H,1,7,10H2,2-3H3. The highest BCUT2D eigenvalue weighted by atomic mass is 79.9. The van der Waals surface area contributed by atoms with Gasteiger partial charge in [0.1, 0.15) is 11.5 Å². The molecule has 2 aromatic rings. The van der Waals surface area contributed by atoms with Crippen LogP contribution < -0.4 is 9.47 Å². The van der Waals surface area contributed by atoms with Crippen LogP contribution in [0.5, 0.6) is 11.5 Å². The maximum atomic E-state index is 10.1. The summed E-state index contributed by atoms with van der Waals surface area (Å²) in [5.74, 6) is 1.52. The van der Waals surface area contributed by atoms with E-state index in [9.17, 15) is 5.11 Å². The van der Waals surface area contributed by atoms with Crippen LogP contribution in [0.1, 0.15) is 12.0 Å². The molecule has 0 saturated carbocycles. The molecule has 1 unspecified atom stereocenters. The first-order valence-electron chi connectivity index (χ1n) is 6.74. The highest BCUT2D eigenvalue weighted by Crippen LogP contribution is 2.44. The number of ether oxygens (including phenoxy) is 2. The predicted octanol–water partition coefficient (Wildman–Crippen LogP) is 4.10. The normalized spacial score (nSPS) is 12.2. The maximum absolute atomic E-state index is 10.1. The van der Waals surface area contributed by atoms with Crippen LogP contribution in [-0.2, 0) is 6.42 Å². The SMILES string of the molecule is C=CCC(O)Cc1c(Br)c(OC)c2ccccc2c1OC. The number of benzene rings is 2. The zero-order chi connectivity index (χ0) is 15.4. The lowest BCUT2D eigenvalue weighted by atomic mass is 9.99. The molecule has 3 nitrogen and oxygen atoms in total. The van der Waals surface area contributed by atoms with E-state index in [1.807, 2.05) is 24.3 Å². The van der Waals surface area contributed by atoms with E-state index in [0.29, 0.717) is 12.8 Å². The molecule has 0 heterocycles. The third kappa shape index (κ3) is 3.06. The first kappa shape index (κ1) is 15.9. The van der Waals surface area contributed by atoms with Gasteiger partial charge in [0.15, 0.2) is 0 Å². The molecule has 2 rings (SSSR count). The molecule has 0 amide bonds. The topological polar surface area (TPSA) is 38.7 Å². The molecule has 0 aliphatic carbocycles. The number of methoxy groups -OCH3 is 2. The van der Waals surface area contributed by atoms with Gasteiger partial charge in [-0.15, -0.1) is 6.58 Å². The molecule has 1 atom stereocenters. The van der Waals surface area contributed by atoms with E-state index in [1.165, 1.54) is 0 Å². The van der Waals surface area contributed by atoms with E-state index in [1.54, 1.807) is 20.3 Å². The molecule has 1 N–H and O–H groups in total. The molecule has 0 aromatic heterocycles. The highest BCUT2D eigenvalue weighted by Gasteiger charge is 2.20. The molecular weight excluding hydrogens is 332 g/mol. The van der Waals surface area contributed by atoms with E-state index < -0.39 is 6.10 Å². The van der Waals surface area contributed by atoms with Gasteiger partial charge in [-0.1, -0.05) is 30.3 Å². The Balaban J connectivity index is 2.67. The summed E-state index contributed by atoms with van der Waals surface area (Å²) in [6.45, 7) is 3.66. The van der Waals surface area contributed by atoms with Crippen LogP contribution in [0.25, 0.3) is 10.8 Å². The second-order valence-corrected chi connectivity index (χ2v) is 5.58.